The molecule has 28 heavy (non-hydrogen) atoms. The summed E-state index contributed by atoms with van der Waals surface area (Å²) in [5.74, 6) is 1.15. The molecular weight excluding hydrogens is 380 g/mol. The van der Waals surface area contributed by atoms with Gasteiger partial charge in [0, 0.05) is 17.7 Å². The fourth-order valence-electron chi connectivity index (χ4n) is 3.27. The number of anilines is 1. The summed E-state index contributed by atoms with van der Waals surface area (Å²) in [4.78, 5) is 12.8. The first-order valence-corrected chi connectivity index (χ1v) is 10.6. The van der Waals surface area contributed by atoms with Crippen molar-refractivity contribution in [3.05, 3.63) is 53.6 Å². The van der Waals surface area contributed by atoms with E-state index in [1.54, 1.807) is 50.6 Å². The topological polar surface area (TPSA) is 84.9 Å². The summed E-state index contributed by atoms with van der Waals surface area (Å²) in [5, 5.41) is 2.93. The number of rotatable bonds is 6. The van der Waals surface area contributed by atoms with Gasteiger partial charge in [-0.1, -0.05) is 6.07 Å². The van der Waals surface area contributed by atoms with E-state index in [9.17, 15) is 13.2 Å². The summed E-state index contributed by atoms with van der Waals surface area (Å²) < 4.78 is 36.3. The van der Waals surface area contributed by atoms with Gasteiger partial charge in [-0.2, -0.15) is 0 Å². The van der Waals surface area contributed by atoms with Gasteiger partial charge in [-0.15, -0.1) is 0 Å². The molecule has 1 aliphatic rings. The van der Waals surface area contributed by atoms with E-state index in [1.807, 2.05) is 13.0 Å². The highest BCUT2D eigenvalue weighted by molar-refractivity contribution is 7.93. The smallest absolute Gasteiger partial charge is 0.251 e. The first kappa shape index (κ1) is 20.0. The average Bonchev–Trinajstić information content (AvgIpc) is 3.06. The molecule has 1 amide bonds. The molecule has 1 heterocycles. The van der Waals surface area contributed by atoms with E-state index in [4.69, 9.17) is 9.47 Å². The Kier molecular flexibility index (Phi) is 5.79. The molecule has 1 saturated heterocycles. The van der Waals surface area contributed by atoms with Crippen molar-refractivity contribution in [1.82, 2.24) is 5.32 Å². The molecule has 0 aliphatic carbocycles. The van der Waals surface area contributed by atoms with Gasteiger partial charge >= 0.3 is 0 Å². The van der Waals surface area contributed by atoms with E-state index in [2.05, 4.69) is 5.32 Å². The Morgan fingerprint density at radius 1 is 1.14 bits per heavy atom. The average molecular weight is 404 g/mol. The van der Waals surface area contributed by atoms with Crippen molar-refractivity contribution in [2.24, 2.45) is 0 Å². The van der Waals surface area contributed by atoms with E-state index in [0.717, 1.165) is 5.56 Å². The Morgan fingerprint density at radius 2 is 1.93 bits per heavy atom. The second-order valence-corrected chi connectivity index (χ2v) is 8.61. The van der Waals surface area contributed by atoms with E-state index < -0.39 is 10.0 Å². The van der Waals surface area contributed by atoms with Crippen LogP contribution in [0.5, 0.6) is 11.5 Å². The van der Waals surface area contributed by atoms with Gasteiger partial charge in [0.2, 0.25) is 10.0 Å². The Morgan fingerprint density at radius 3 is 2.57 bits per heavy atom. The molecule has 7 nitrogen and oxygen atoms in total. The molecule has 1 aliphatic heterocycles. The van der Waals surface area contributed by atoms with Crippen LogP contribution in [0.4, 0.5) is 5.69 Å². The third kappa shape index (κ3) is 4.06. The second kappa shape index (κ2) is 8.10. The molecule has 1 unspecified atom stereocenters. The highest BCUT2D eigenvalue weighted by atomic mass is 32.2. The SMILES string of the molecule is COc1ccc(OC)c(C(C)NC(=O)c2cccc(N3CCCS3(=O)=O)c2)c1. The summed E-state index contributed by atoms with van der Waals surface area (Å²) in [5.41, 5.74) is 1.69. The van der Waals surface area contributed by atoms with Crippen molar-refractivity contribution in [1.29, 1.82) is 0 Å². The van der Waals surface area contributed by atoms with Gasteiger partial charge < -0.3 is 14.8 Å². The quantitative estimate of drug-likeness (QED) is 0.800. The van der Waals surface area contributed by atoms with Crippen LogP contribution in [0.2, 0.25) is 0 Å². The van der Waals surface area contributed by atoms with Crippen molar-refractivity contribution >= 4 is 21.6 Å². The summed E-state index contributed by atoms with van der Waals surface area (Å²) in [6.07, 6.45) is 0.589. The summed E-state index contributed by atoms with van der Waals surface area (Å²) >= 11 is 0. The fourth-order valence-corrected chi connectivity index (χ4v) is 4.82. The molecule has 2 aromatic rings. The molecule has 150 valence electrons. The number of nitrogens with zero attached hydrogens (tertiary/aromatic N) is 1. The van der Waals surface area contributed by atoms with Crippen molar-refractivity contribution in [3.8, 4) is 11.5 Å². The maximum atomic E-state index is 12.8. The monoisotopic (exact) mass is 404 g/mol. The molecule has 0 spiro atoms. The molecule has 0 radical (unpaired) electrons. The fraction of sp³-hybridized carbons (Fsp3) is 0.350. The normalized spacial score (nSPS) is 16.5. The van der Waals surface area contributed by atoms with Crippen LogP contribution in [0.25, 0.3) is 0 Å². The lowest BCUT2D eigenvalue weighted by molar-refractivity contribution is 0.0939. The number of benzene rings is 2. The largest absolute Gasteiger partial charge is 0.497 e. The van der Waals surface area contributed by atoms with Crippen LogP contribution in [-0.4, -0.2) is 40.8 Å². The maximum Gasteiger partial charge on any atom is 0.251 e. The van der Waals surface area contributed by atoms with Gasteiger partial charge in [0.25, 0.3) is 5.91 Å². The summed E-state index contributed by atoms with van der Waals surface area (Å²) in [7, 11) is -0.149. The van der Waals surface area contributed by atoms with Crippen LogP contribution >= 0.6 is 0 Å². The lowest BCUT2D eigenvalue weighted by atomic mass is 10.1. The third-order valence-corrected chi connectivity index (χ3v) is 6.62. The maximum absolute atomic E-state index is 12.8. The van der Waals surface area contributed by atoms with E-state index in [0.29, 0.717) is 35.7 Å². The van der Waals surface area contributed by atoms with Crippen LogP contribution in [0, 0.1) is 0 Å². The minimum Gasteiger partial charge on any atom is -0.497 e. The zero-order valence-electron chi connectivity index (χ0n) is 16.1. The highest BCUT2D eigenvalue weighted by Gasteiger charge is 2.28. The second-order valence-electron chi connectivity index (χ2n) is 6.60. The van der Waals surface area contributed by atoms with Crippen LogP contribution in [0.1, 0.15) is 35.3 Å². The van der Waals surface area contributed by atoms with Crippen molar-refractivity contribution in [2.45, 2.75) is 19.4 Å². The van der Waals surface area contributed by atoms with Crippen LogP contribution in [-0.2, 0) is 10.0 Å². The molecule has 1 N–H and O–H groups in total. The summed E-state index contributed by atoms with van der Waals surface area (Å²) in [6.45, 7) is 2.29. The number of hydrogen-bond acceptors (Lipinski definition) is 5. The summed E-state index contributed by atoms with van der Waals surface area (Å²) in [6, 6.07) is 11.7. The van der Waals surface area contributed by atoms with Crippen molar-refractivity contribution in [2.75, 3.05) is 30.8 Å². The Balaban J connectivity index is 1.81. The number of nitrogens with one attached hydrogen (secondary N) is 1. The third-order valence-electron chi connectivity index (χ3n) is 4.75. The molecule has 1 atom stereocenters. The van der Waals surface area contributed by atoms with Crippen LogP contribution in [0.15, 0.2) is 42.5 Å². The number of ether oxygens (including phenoxy) is 2. The molecule has 0 saturated carbocycles. The molecule has 1 fully saturated rings. The van der Waals surface area contributed by atoms with Gasteiger partial charge in [-0.3, -0.25) is 9.10 Å². The predicted molar refractivity (Wildman–Crippen MR) is 108 cm³/mol. The molecule has 8 heteroatoms. The molecule has 2 aromatic carbocycles. The van der Waals surface area contributed by atoms with Gasteiger partial charge in [-0.05, 0) is 49.7 Å². The van der Waals surface area contributed by atoms with Crippen LogP contribution < -0.4 is 19.1 Å². The zero-order valence-corrected chi connectivity index (χ0v) is 17.0. The number of amides is 1. The minimum atomic E-state index is -3.29. The predicted octanol–water partition coefficient (Wildman–Crippen LogP) is 2.73. The minimum absolute atomic E-state index is 0.135. The van der Waals surface area contributed by atoms with Gasteiger partial charge in [0.1, 0.15) is 11.5 Å². The zero-order chi connectivity index (χ0) is 20.3. The molecule has 0 bridgehead atoms. The first-order valence-electron chi connectivity index (χ1n) is 8.99. The number of hydrogen-bond donors (Lipinski definition) is 1. The van der Waals surface area contributed by atoms with Crippen molar-refractivity contribution in [3.63, 3.8) is 0 Å². The van der Waals surface area contributed by atoms with Gasteiger partial charge in [-0.25, -0.2) is 8.42 Å². The number of carbonyl (C=O) groups excluding carboxylic acids is 1. The number of methoxy groups -OCH3 is 2. The first-order chi connectivity index (χ1) is 13.4. The lowest BCUT2D eigenvalue weighted by Crippen LogP contribution is -2.28. The van der Waals surface area contributed by atoms with Gasteiger partial charge in [0.05, 0.1) is 31.7 Å². The Bertz CT molecular complexity index is 974. The molecule has 3 rings (SSSR count). The molecule has 0 aromatic heterocycles. The highest BCUT2D eigenvalue weighted by Crippen LogP contribution is 2.30. The standard InChI is InChI=1S/C20H24N2O5S/c1-14(18-13-17(26-2)8-9-19(18)27-3)21-20(23)15-6-4-7-16(12-15)22-10-5-11-28(22,24)25/h4,6-9,12-14H,5,10-11H2,1-3H3,(H,21,23). The van der Waals surface area contributed by atoms with Crippen molar-refractivity contribution < 1.29 is 22.7 Å². The van der Waals surface area contributed by atoms with Crippen LogP contribution in [0.3, 0.4) is 0 Å². The lowest BCUT2D eigenvalue weighted by Gasteiger charge is -2.20. The number of sulfonamides is 1. The molecular formula is C20H24N2O5S. The number of carbonyl (C=O) groups is 1. The Hall–Kier alpha value is -2.74. The van der Waals surface area contributed by atoms with E-state index >= 15 is 0 Å². The van der Waals surface area contributed by atoms with Gasteiger partial charge in [0.15, 0.2) is 0 Å². The Labute approximate surface area is 165 Å². The van der Waals surface area contributed by atoms with E-state index in [1.165, 1.54) is 4.31 Å². The van der Waals surface area contributed by atoms with E-state index in [-0.39, 0.29) is 17.7 Å².